The Bertz CT molecular complexity index is 632. The van der Waals surface area contributed by atoms with E-state index in [0.29, 0.717) is 35.2 Å². The van der Waals surface area contributed by atoms with Crippen LogP contribution in [0.2, 0.25) is 0 Å². The lowest BCUT2D eigenvalue weighted by atomic mass is 9.45. The van der Waals surface area contributed by atoms with Gasteiger partial charge in [-0.1, -0.05) is 45.6 Å². The van der Waals surface area contributed by atoms with E-state index in [0.717, 1.165) is 32.1 Å². The van der Waals surface area contributed by atoms with Crippen LogP contribution in [0.3, 0.4) is 0 Å². The second kappa shape index (κ2) is 6.60. The summed E-state index contributed by atoms with van der Waals surface area (Å²) in [6, 6.07) is 0. The van der Waals surface area contributed by atoms with Gasteiger partial charge in [-0.15, -0.1) is 0 Å². The molecule has 0 unspecified atom stereocenters. The number of ketones is 2. The molecule has 0 bridgehead atoms. The van der Waals surface area contributed by atoms with Gasteiger partial charge in [0.05, 0.1) is 0 Å². The molecule has 3 saturated carbocycles. The summed E-state index contributed by atoms with van der Waals surface area (Å²) in [5, 5.41) is 0. The molecule has 0 aliphatic heterocycles. The average molecular weight is 357 g/mol. The van der Waals surface area contributed by atoms with E-state index < -0.39 is 0 Å². The Balaban J connectivity index is 1.68. The molecule has 0 N–H and O–H groups in total. The highest BCUT2D eigenvalue weighted by atomic mass is 16.1. The van der Waals surface area contributed by atoms with Crippen LogP contribution in [0.4, 0.5) is 0 Å². The number of hydrogen-bond acceptors (Lipinski definition) is 2. The summed E-state index contributed by atoms with van der Waals surface area (Å²) in [7, 11) is 0. The molecule has 6 atom stereocenters. The van der Waals surface area contributed by atoms with Gasteiger partial charge in [0.25, 0.3) is 0 Å². The van der Waals surface area contributed by atoms with Crippen molar-refractivity contribution in [2.75, 3.05) is 0 Å². The largest absolute Gasteiger partial charge is 0.299 e. The number of rotatable bonds is 4. The van der Waals surface area contributed by atoms with Gasteiger partial charge in [0.1, 0.15) is 5.78 Å². The van der Waals surface area contributed by atoms with Crippen LogP contribution in [0.5, 0.6) is 0 Å². The van der Waals surface area contributed by atoms with Gasteiger partial charge in [-0.3, -0.25) is 9.59 Å². The van der Waals surface area contributed by atoms with Crippen molar-refractivity contribution in [2.45, 2.75) is 91.4 Å². The van der Waals surface area contributed by atoms with Gasteiger partial charge >= 0.3 is 0 Å². The summed E-state index contributed by atoms with van der Waals surface area (Å²) in [6.07, 6.45) is 14.3. The lowest BCUT2D eigenvalue weighted by molar-refractivity contribution is -0.133. The second-order valence-corrected chi connectivity index (χ2v) is 10.2. The lowest BCUT2D eigenvalue weighted by Gasteiger charge is -2.59. The van der Waals surface area contributed by atoms with Crippen LogP contribution in [-0.2, 0) is 9.59 Å². The number of hydrogen-bond donors (Lipinski definition) is 0. The van der Waals surface area contributed by atoms with Gasteiger partial charge in [0.2, 0.25) is 0 Å². The van der Waals surface area contributed by atoms with Gasteiger partial charge in [-0.2, -0.15) is 0 Å². The summed E-state index contributed by atoms with van der Waals surface area (Å²) < 4.78 is 0. The molecule has 0 spiro atoms. The number of fused-ring (bicyclic) bond motifs is 5. The first kappa shape index (κ1) is 18.4. The topological polar surface area (TPSA) is 34.1 Å². The highest BCUT2D eigenvalue weighted by molar-refractivity contribution is 5.92. The van der Waals surface area contributed by atoms with Crippen molar-refractivity contribution in [3.63, 3.8) is 0 Å². The van der Waals surface area contributed by atoms with E-state index in [2.05, 4.69) is 26.8 Å². The number of Topliss-reactive ketones (excluding diaryl/α,β-unsaturated/α-hetero) is 1. The Morgan fingerprint density at radius 2 is 1.77 bits per heavy atom. The summed E-state index contributed by atoms with van der Waals surface area (Å²) >= 11 is 0. The van der Waals surface area contributed by atoms with Crippen LogP contribution in [0.1, 0.15) is 91.4 Å². The van der Waals surface area contributed by atoms with E-state index in [1.54, 1.807) is 0 Å². The molecule has 144 valence electrons. The highest BCUT2D eigenvalue weighted by Crippen LogP contribution is 2.65. The molecule has 4 aliphatic carbocycles. The van der Waals surface area contributed by atoms with Gasteiger partial charge in [0, 0.05) is 18.3 Å². The predicted octanol–water partition coefficient (Wildman–Crippen LogP) is 5.89. The normalized spacial score (nSPS) is 45.0. The summed E-state index contributed by atoms with van der Waals surface area (Å²) in [5.74, 6) is 3.45. The van der Waals surface area contributed by atoms with Gasteiger partial charge in [-0.25, -0.2) is 0 Å². The molecule has 0 heterocycles. The minimum atomic E-state index is -0.0444. The van der Waals surface area contributed by atoms with Gasteiger partial charge < -0.3 is 0 Å². The first-order valence-electron chi connectivity index (χ1n) is 11.2. The molecular formula is C24H36O2. The van der Waals surface area contributed by atoms with Crippen LogP contribution >= 0.6 is 0 Å². The van der Waals surface area contributed by atoms with E-state index in [1.807, 2.05) is 0 Å². The van der Waals surface area contributed by atoms with Crippen LogP contribution < -0.4 is 0 Å². The fourth-order valence-corrected chi connectivity index (χ4v) is 7.47. The van der Waals surface area contributed by atoms with E-state index in [1.165, 1.54) is 44.1 Å². The van der Waals surface area contributed by atoms with Gasteiger partial charge in [0.15, 0.2) is 5.78 Å². The monoisotopic (exact) mass is 356 g/mol. The van der Waals surface area contributed by atoms with E-state index >= 15 is 0 Å². The molecule has 2 nitrogen and oxygen atoms in total. The smallest absolute Gasteiger partial charge is 0.155 e. The Hall–Kier alpha value is -0.920. The SMILES string of the molecule is CCCCC[C@H]1C[C@@H]2[C@H](CC[C@]3(C)C(=O)CC[C@@H]23)[C@@]2(C)CCC(=O)C=C12. The molecule has 26 heavy (non-hydrogen) atoms. The first-order chi connectivity index (χ1) is 12.4. The van der Waals surface area contributed by atoms with E-state index in [9.17, 15) is 9.59 Å². The standard InChI is InChI=1S/C24H36O2/c1-4-5-6-7-16-14-18-19-8-9-22(26)24(19,3)13-11-20(18)23(2)12-10-17(25)15-21(16)23/h15-16,18-20H,4-14H2,1-3H3/t16-,18-,19-,20-,23+,24-/m0/s1. The van der Waals surface area contributed by atoms with Crippen LogP contribution in [0, 0.1) is 34.5 Å². The zero-order valence-electron chi connectivity index (χ0n) is 17.0. The number of unbranched alkanes of at least 4 members (excludes halogenated alkanes) is 2. The average Bonchev–Trinajstić information content (AvgIpc) is 2.92. The lowest BCUT2D eigenvalue weighted by Crippen LogP contribution is -2.52. The molecule has 0 amide bonds. The molecule has 3 fully saturated rings. The summed E-state index contributed by atoms with van der Waals surface area (Å²) in [6.45, 7) is 7.00. The molecular weight excluding hydrogens is 320 g/mol. The third-order valence-electron chi connectivity index (χ3n) is 8.98. The molecule has 0 aromatic heterocycles. The molecule has 0 aromatic carbocycles. The molecule has 0 radical (unpaired) electrons. The van der Waals surface area contributed by atoms with Crippen molar-refractivity contribution in [2.24, 2.45) is 34.5 Å². The Morgan fingerprint density at radius 3 is 2.54 bits per heavy atom. The van der Waals surface area contributed by atoms with Gasteiger partial charge in [-0.05, 0) is 73.7 Å². The molecule has 0 saturated heterocycles. The number of carbonyl (C=O) groups is 2. The zero-order chi connectivity index (χ0) is 18.5. The Morgan fingerprint density at radius 1 is 1.00 bits per heavy atom. The first-order valence-corrected chi connectivity index (χ1v) is 11.2. The highest BCUT2D eigenvalue weighted by Gasteiger charge is 2.60. The summed E-state index contributed by atoms with van der Waals surface area (Å²) in [4.78, 5) is 24.9. The molecule has 4 aliphatic rings. The quantitative estimate of drug-likeness (QED) is 0.588. The molecule has 4 rings (SSSR count). The van der Waals surface area contributed by atoms with Crippen molar-refractivity contribution in [3.8, 4) is 0 Å². The van der Waals surface area contributed by atoms with Crippen molar-refractivity contribution >= 4 is 11.6 Å². The van der Waals surface area contributed by atoms with Crippen LogP contribution in [0.15, 0.2) is 11.6 Å². The second-order valence-electron chi connectivity index (χ2n) is 10.2. The van der Waals surface area contributed by atoms with Crippen molar-refractivity contribution in [1.29, 1.82) is 0 Å². The van der Waals surface area contributed by atoms with Crippen LogP contribution in [-0.4, -0.2) is 11.6 Å². The third kappa shape index (κ3) is 2.66. The van der Waals surface area contributed by atoms with Crippen molar-refractivity contribution in [1.82, 2.24) is 0 Å². The third-order valence-corrected chi connectivity index (χ3v) is 8.98. The predicted molar refractivity (Wildman–Crippen MR) is 105 cm³/mol. The maximum absolute atomic E-state index is 12.6. The fraction of sp³-hybridized carbons (Fsp3) is 0.833. The van der Waals surface area contributed by atoms with Crippen molar-refractivity contribution < 1.29 is 9.59 Å². The fourth-order valence-electron chi connectivity index (χ4n) is 7.47. The Kier molecular flexibility index (Phi) is 4.68. The number of carbonyl (C=O) groups excluding carboxylic acids is 2. The van der Waals surface area contributed by atoms with Crippen LogP contribution in [0.25, 0.3) is 0 Å². The maximum atomic E-state index is 12.6. The number of allylic oxidation sites excluding steroid dienone is 1. The molecule has 0 aromatic rings. The maximum Gasteiger partial charge on any atom is 0.155 e. The minimum Gasteiger partial charge on any atom is -0.299 e. The Labute approximate surface area is 159 Å². The minimum absolute atomic E-state index is 0.0444. The van der Waals surface area contributed by atoms with E-state index in [4.69, 9.17) is 0 Å². The summed E-state index contributed by atoms with van der Waals surface area (Å²) in [5.41, 5.74) is 1.66. The van der Waals surface area contributed by atoms with E-state index in [-0.39, 0.29) is 10.8 Å². The zero-order valence-corrected chi connectivity index (χ0v) is 17.0. The molecule has 2 heteroatoms. The van der Waals surface area contributed by atoms with Crippen molar-refractivity contribution in [3.05, 3.63) is 11.6 Å².